The Kier molecular flexibility index (Phi) is 6.98. The van der Waals surface area contributed by atoms with Crippen molar-refractivity contribution in [3.63, 3.8) is 0 Å². The fourth-order valence-corrected chi connectivity index (χ4v) is 0.878. The number of nitrogens with zero attached hydrogens (tertiary/aromatic N) is 1. The molecule has 0 aliphatic rings. The molecule has 0 amide bonds. The summed E-state index contributed by atoms with van der Waals surface area (Å²) in [6, 6.07) is 0. The third-order valence-corrected chi connectivity index (χ3v) is 1.65. The summed E-state index contributed by atoms with van der Waals surface area (Å²) in [6.07, 6.45) is 0. The zero-order valence-electron chi connectivity index (χ0n) is 7.39. The Labute approximate surface area is 64.2 Å². The largest absolute Gasteiger partial charge is 0.380 e. The summed E-state index contributed by atoms with van der Waals surface area (Å²) in [6.45, 7) is 11.4. The van der Waals surface area contributed by atoms with Gasteiger partial charge in [0.25, 0.3) is 0 Å². The van der Waals surface area contributed by atoms with Crippen LogP contribution in [0.5, 0.6) is 0 Å². The van der Waals surface area contributed by atoms with Crippen LogP contribution < -0.4 is 0 Å². The van der Waals surface area contributed by atoms with Gasteiger partial charge in [0, 0.05) is 13.2 Å². The van der Waals surface area contributed by atoms with Crippen molar-refractivity contribution in [2.24, 2.45) is 0 Å². The highest BCUT2D eigenvalue weighted by molar-refractivity contribution is 4.49. The summed E-state index contributed by atoms with van der Waals surface area (Å²) < 4.78 is 5.23. The molecule has 62 valence electrons. The molecule has 0 radical (unpaired) electrons. The molecular formula is C8H19NO. The molecule has 0 saturated heterocycles. The van der Waals surface area contributed by atoms with Crippen molar-refractivity contribution in [3.05, 3.63) is 0 Å². The Bertz CT molecular complexity index is 62.3. The molecule has 0 rings (SSSR count). The van der Waals surface area contributed by atoms with Gasteiger partial charge in [-0.1, -0.05) is 13.8 Å². The first-order valence-corrected chi connectivity index (χ1v) is 4.15. The van der Waals surface area contributed by atoms with Gasteiger partial charge in [-0.15, -0.1) is 0 Å². The minimum atomic E-state index is 0.835. The SMILES string of the molecule is CCOCCN(CC)CC. The fourth-order valence-electron chi connectivity index (χ4n) is 0.878. The van der Waals surface area contributed by atoms with Gasteiger partial charge in [0.15, 0.2) is 0 Å². The van der Waals surface area contributed by atoms with Crippen molar-refractivity contribution in [1.82, 2.24) is 4.90 Å². The second-order valence-corrected chi connectivity index (χ2v) is 2.22. The van der Waals surface area contributed by atoms with Crippen LogP contribution in [0.4, 0.5) is 0 Å². The maximum Gasteiger partial charge on any atom is 0.0593 e. The predicted octanol–water partition coefficient (Wildman–Crippen LogP) is 1.36. The van der Waals surface area contributed by atoms with E-state index in [0.717, 1.165) is 32.8 Å². The van der Waals surface area contributed by atoms with Gasteiger partial charge < -0.3 is 9.64 Å². The molecule has 0 N–H and O–H groups in total. The fraction of sp³-hybridized carbons (Fsp3) is 1.00. The Balaban J connectivity index is 3.09. The summed E-state index contributed by atoms with van der Waals surface area (Å²) in [5.74, 6) is 0. The van der Waals surface area contributed by atoms with E-state index in [9.17, 15) is 0 Å². The molecule has 0 aliphatic heterocycles. The van der Waals surface area contributed by atoms with Crippen LogP contribution >= 0.6 is 0 Å². The van der Waals surface area contributed by atoms with E-state index in [-0.39, 0.29) is 0 Å². The topological polar surface area (TPSA) is 12.5 Å². The molecule has 0 aromatic carbocycles. The Morgan fingerprint density at radius 1 is 1.10 bits per heavy atom. The summed E-state index contributed by atoms with van der Waals surface area (Å²) >= 11 is 0. The Hall–Kier alpha value is -0.0800. The highest BCUT2D eigenvalue weighted by atomic mass is 16.5. The molecule has 10 heavy (non-hydrogen) atoms. The van der Waals surface area contributed by atoms with Crippen molar-refractivity contribution in [2.45, 2.75) is 20.8 Å². The normalized spacial score (nSPS) is 10.8. The minimum absolute atomic E-state index is 0.835. The number of ether oxygens (including phenoxy) is 1. The molecule has 0 aliphatic carbocycles. The highest BCUT2D eigenvalue weighted by Gasteiger charge is 1.95. The number of hydrogen-bond donors (Lipinski definition) is 0. The van der Waals surface area contributed by atoms with E-state index >= 15 is 0 Å². The lowest BCUT2D eigenvalue weighted by atomic mass is 10.5. The van der Waals surface area contributed by atoms with Crippen LogP contribution in [0, 0.1) is 0 Å². The second kappa shape index (κ2) is 7.03. The summed E-state index contributed by atoms with van der Waals surface area (Å²) in [7, 11) is 0. The first kappa shape index (κ1) is 9.92. The summed E-state index contributed by atoms with van der Waals surface area (Å²) in [5, 5.41) is 0. The van der Waals surface area contributed by atoms with Crippen molar-refractivity contribution in [2.75, 3.05) is 32.8 Å². The molecular weight excluding hydrogens is 126 g/mol. The predicted molar refractivity (Wildman–Crippen MR) is 44.3 cm³/mol. The van der Waals surface area contributed by atoms with Gasteiger partial charge in [0.2, 0.25) is 0 Å². The van der Waals surface area contributed by atoms with Gasteiger partial charge in [-0.3, -0.25) is 0 Å². The third-order valence-electron chi connectivity index (χ3n) is 1.65. The molecule has 2 heteroatoms. The molecule has 0 spiro atoms. The first-order valence-electron chi connectivity index (χ1n) is 4.15. The lowest BCUT2D eigenvalue weighted by Gasteiger charge is -2.16. The number of likely N-dealkylation sites (N-methyl/N-ethyl adjacent to an activating group) is 1. The zero-order chi connectivity index (χ0) is 7.82. The van der Waals surface area contributed by atoms with E-state index in [1.807, 2.05) is 6.92 Å². The summed E-state index contributed by atoms with van der Waals surface area (Å²) in [4.78, 5) is 2.36. The monoisotopic (exact) mass is 145 g/mol. The Morgan fingerprint density at radius 2 is 1.70 bits per heavy atom. The molecule has 0 aromatic rings. The van der Waals surface area contributed by atoms with Gasteiger partial charge >= 0.3 is 0 Å². The minimum Gasteiger partial charge on any atom is -0.380 e. The average molecular weight is 145 g/mol. The lowest BCUT2D eigenvalue weighted by molar-refractivity contribution is 0.117. The van der Waals surface area contributed by atoms with E-state index in [0.29, 0.717) is 0 Å². The zero-order valence-corrected chi connectivity index (χ0v) is 7.39. The van der Waals surface area contributed by atoms with Gasteiger partial charge in [-0.2, -0.15) is 0 Å². The maximum atomic E-state index is 5.23. The third kappa shape index (κ3) is 4.77. The number of rotatable bonds is 6. The lowest BCUT2D eigenvalue weighted by Crippen LogP contribution is -2.26. The van der Waals surface area contributed by atoms with Crippen molar-refractivity contribution < 1.29 is 4.74 Å². The first-order chi connectivity index (χ1) is 4.85. The van der Waals surface area contributed by atoms with E-state index in [4.69, 9.17) is 4.74 Å². The average Bonchev–Trinajstić information content (AvgIpc) is 1.99. The molecule has 0 aromatic heterocycles. The number of hydrogen-bond acceptors (Lipinski definition) is 2. The van der Waals surface area contributed by atoms with E-state index < -0.39 is 0 Å². The van der Waals surface area contributed by atoms with Crippen molar-refractivity contribution in [1.29, 1.82) is 0 Å². The van der Waals surface area contributed by atoms with Gasteiger partial charge in [-0.05, 0) is 20.0 Å². The maximum absolute atomic E-state index is 5.23. The Morgan fingerprint density at radius 3 is 2.10 bits per heavy atom. The smallest absolute Gasteiger partial charge is 0.0593 e. The van der Waals surface area contributed by atoms with Crippen LogP contribution in [0.15, 0.2) is 0 Å². The van der Waals surface area contributed by atoms with Crippen molar-refractivity contribution in [3.8, 4) is 0 Å². The molecule has 0 unspecified atom stereocenters. The highest BCUT2D eigenvalue weighted by Crippen LogP contribution is 1.85. The van der Waals surface area contributed by atoms with Crippen LogP contribution in [0.3, 0.4) is 0 Å². The van der Waals surface area contributed by atoms with Crippen LogP contribution in [0.2, 0.25) is 0 Å². The molecule has 0 atom stereocenters. The van der Waals surface area contributed by atoms with Crippen LogP contribution in [0.25, 0.3) is 0 Å². The van der Waals surface area contributed by atoms with Gasteiger partial charge in [0.1, 0.15) is 0 Å². The van der Waals surface area contributed by atoms with Crippen molar-refractivity contribution >= 4 is 0 Å². The van der Waals surface area contributed by atoms with Crippen LogP contribution in [-0.4, -0.2) is 37.7 Å². The molecule has 0 fully saturated rings. The van der Waals surface area contributed by atoms with E-state index in [1.165, 1.54) is 0 Å². The van der Waals surface area contributed by atoms with Crippen LogP contribution in [0.1, 0.15) is 20.8 Å². The molecule has 2 nitrogen and oxygen atoms in total. The van der Waals surface area contributed by atoms with E-state index in [2.05, 4.69) is 18.7 Å². The quantitative estimate of drug-likeness (QED) is 0.523. The molecule has 0 saturated carbocycles. The molecule has 0 heterocycles. The second-order valence-electron chi connectivity index (χ2n) is 2.22. The molecule has 0 bridgehead atoms. The van der Waals surface area contributed by atoms with Crippen LogP contribution in [-0.2, 0) is 4.74 Å². The summed E-state index contributed by atoms with van der Waals surface area (Å²) in [5.41, 5.74) is 0. The van der Waals surface area contributed by atoms with E-state index in [1.54, 1.807) is 0 Å². The van der Waals surface area contributed by atoms with Gasteiger partial charge in [0.05, 0.1) is 6.61 Å². The van der Waals surface area contributed by atoms with Gasteiger partial charge in [-0.25, -0.2) is 0 Å². The standard InChI is InChI=1S/C8H19NO/c1-4-9(5-2)7-8-10-6-3/h4-8H2,1-3H3.